The summed E-state index contributed by atoms with van der Waals surface area (Å²) in [6.45, 7) is 2.36. The normalized spacial score (nSPS) is 10.3. The minimum Gasteiger partial charge on any atom is -0.506 e. The summed E-state index contributed by atoms with van der Waals surface area (Å²) in [5.74, 6) is -0.664. The van der Waals surface area contributed by atoms with Crippen LogP contribution in [-0.2, 0) is 13.1 Å². The predicted octanol–water partition coefficient (Wildman–Crippen LogP) is 1.75. The third kappa shape index (κ3) is 4.67. The third-order valence-corrected chi connectivity index (χ3v) is 4.12. The van der Waals surface area contributed by atoms with Crippen LogP contribution in [0.2, 0.25) is 0 Å². The van der Waals surface area contributed by atoms with Gasteiger partial charge in [-0.15, -0.1) is 5.10 Å². The van der Waals surface area contributed by atoms with Gasteiger partial charge < -0.3 is 15.7 Å². The lowest BCUT2D eigenvalue weighted by molar-refractivity contribution is 0.0934. The van der Waals surface area contributed by atoms with E-state index in [1.165, 1.54) is 24.5 Å². The Morgan fingerprint density at radius 3 is 2.25 bits per heavy atom. The van der Waals surface area contributed by atoms with Gasteiger partial charge >= 0.3 is 0 Å². The zero-order valence-electron chi connectivity index (χ0n) is 15.2. The maximum atomic E-state index is 12.3. The number of pyridine rings is 1. The Bertz CT molecular complexity index is 989. The van der Waals surface area contributed by atoms with Crippen LogP contribution in [0, 0.1) is 6.92 Å². The SMILES string of the molecule is Cc1ccnnc1C(=O)NCc1ccccc1CNC(=O)c1ccc(O)cn1. The topological polar surface area (TPSA) is 117 Å². The smallest absolute Gasteiger partial charge is 0.272 e. The van der Waals surface area contributed by atoms with Gasteiger partial charge in [0.2, 0.25) is 0 Å². The zero-order chi connectivity index (χ0) is 19.9. The van der Waals surface area contributed by atoms with E-state index in [0.29, 0.717) is 6.54 Å². The van der Waals surface area contributed by atoms with Crippen molar-refractivity contribution in [1.29, 1.82) is 0 Å². The molecule has 1 aromatic carbocycles. The highest BCUT2D eigenvalue weighted by molar-refractivity contribution is 5.93. The molecule has 0 atom stereocenters. The summed E-state index contributed by atoms with van der Waals surface area (Å²) in [5.41, 5.74) is 2.98. The monoisotopic (exact) mass is 377 g/mol. The van der Waals surface area contributed by atoms with Crippen molar-refractivity contribution in [2.75, 3.05) is 0 Å². The number of benzene rings is 1. The first-order valence-electron chi connectivity index (χ1n) is 8.61. The van der Waals surface area contributed by atoms with Gasteiger partial charge in [0.05, 0.1) is 6.20 Å². The van der Waals surface area contributed by atoms with E-state index in [4.69, 9.17) is 0 Å². The summed E-state index contributed by atoms with van der Waals surface area (Å²) in [4.78, 5) is 28.4. The third-order valence-electron chi connectivity index (χ3n) is 4.12. The quantitative estimate of drug-likeness (QED) is 0.602. The molecule has 3 rings (SSSR count). The molecule has 0 aliphatic heterocycles. The first kappa shape index (κ1) is 19.0. The lowest BCUT2D eigenvalue weighted by Crippen LogP contribution is -2.27. The first-order valence-corrected chi connectivity index (χ1v) is 8.61. The molecular weight excluding hydrogens is 358 g/mol. The van der Waals surface area contributed by atoms with Crippen molar-refractivity contribution in [3.8, 4) is 5.75 Å². The first-order chi connectivity index (χ1) is 13.5. The second-order valence-electron chi connectivity index (χ2n) is 6.10. The molecule has 3 N–H and O–H groups in total. The predicted molar refractivity (Wildman–Crippen MR) is 101 cm³/mol. The van der Waals surface area contributed by atoms with Gasteiger partial charge in [0.15, 0.2) is 5.69 Å². The van der Waals surface area contributed by atoms with Crippen LogP contribution < -0.4 is 10.6 Å². The zero-order valence-corrected chi connectivity index (χ0v) is 15.2. The Balaban J connectivity index is 1.63. The number of hydrogen-bond donors (Lipinski definition) is 3. The van der Waals surface area contributed by atoms with Crippen molar-refractivity contribution >= 4 is 11.8 Å². The molecule has 0 radical (unpaired) electrons. The molecule has 3 aromatic rings. The molecule has 0 aliphatic rings. The summed E-state index contributed by atoms with van der Waals surface area (Å²) in [6, 6.07) is 12.0. The van der Waals surface area contributed by atoms with E-state index < -0.39 is 0 Å². The van der Waals surface area contributed by atoms with Crippen molar-refractivity contribution in [1.82, 2.24) is 25.8 Å². The average molecular weight is 377 g/mol. The number of aromatic hydroxyl groups is 1. The molecule has 2 heterocycles. The van der Waals surface area contributed by atoms with Crippen LogP contribution in [0.25, 0.3) is 0 Å². The number of hydrogen-bond acceptors (Lipinski definition) is 6. The van der Waals surface area contributed by atoms with E-state index in [1.807, 2.05) is 24.3 Å². The minimum absolute atomic E-state index is 0.00372. The van der Waals surface area contributed by atoms with Gasteiger partial charge in [-0.1, -0.05) is 24.3 Å². The molecule has 2 aromatic heterocycles. The van der Waals surface area contributed by atoms with Crippen LogP contribution in [-0.4, -0.2) is 32.1 Å². The molecule has 0 spiro atoms. The lowest BCUT2D eigenvalue weighted by atomic mass is 10.1. The van der Waals surface area contributed by atoms with Crippen LogP contribution in [0.1, 0.15) is 37.7 Å². The molecule has 0 fully saturated rings. The molecule has 0 unspecified atom stereocenters. The molecule has 8 heteroatoms. The van der Waals surface area contributed by atoms with Gasteiger partial charge in [0.1, 0.15) is 11.4 Å². The Hall–Kier alpha value is -3.81. The van der Waals surface area contributed by atoms with Crippen LogP contribution in [0.15, 0.2) is 54.9 Å². The van der Waals surface area contributed by atoms with Gasteiger partial charge in [-0.05, 0) is 41.8 Å². The largest absolute Gasteiger partial charge is 0.506 e. The number of aromatic nitrogens is 3. The van der Waals surface area contributed by atoms with E-state index in [9.17, 15) is 14.7 Å². The van der Waals surface area contributed by atoms with Crippen LogP contribution in [0.5, 0.6) is 5.75 Å². The molecule has 0 bridgehead atoms. The molecule has 0 saturated carbocycles. The van der Waals surface area contributed by atoms with E-state index in [0.717, 1.165) is 16.7 Å². The Morgan fingerprint density at radius 1 is 0.964 bits per heavy atom. The van der Waals surface area contributed by atoms with E-state index in [-0.39, 0.29) is 35.5 Å². The van der Waals surface area contributed by atoms with Gasteiger partial charge in [-0.25, -0.2) is 4.98 Å². The summed E-state index contributed by atoms with van der Waals surface area (Å²) >= 11 is 0. The Kier molecular flexibility index (Phi) is 5.91. The van der Waals surface area contributed by atoms with E-state index in [2.05, 4.69) is 25.8 Å². The van der Waals surface area contributed by atoms with Crippen molar-refractivity contribution in [2.45, 2.75) is 20.0 Å². The highest BCUT2D eigenvalue weighted by Crippen LogP contribution is 2.10. The fraction of sp³-hybridized carbons (Fsp3) is 0.150. The standard InChI is InChI=1S/C20H19N5O3/c1-13-8-9-24-25-18(13)20(28)23-11-15-5-3-2-4-14(15)10-22-19(27)17-7-6-16(26)12-21-17/h2-9,12,26H,10-11H2,1H3,(H,22,27)(H,23,28). The minimum atomic E-state index is -0.353. The average Bonchev–Trinajstić information content (AvgIpc) is 2.71. The second-order valence-corrected chi connectivity index (χ2v) is 6.10. The van der Waals surface area contributed by atoms with Crippen LogP contribution in [0.3, 0.4) is 0 Å². The van der Waals surface area contributed by atoms with Crippen molar-refractivity contribution in [2.24, 2.45) is 0 Å². The maximum absolute atomic E-state index is 12.3. The van der Waals surface area contributed by atoms with E-state index in [1.54, 1.807) is 13.0 Å². The van der Waals surface area contributed by atoms with E-state index >= 15 is 0 Å². The molecule has 8 nitrogen and oxygen atoms in total. The highest BCUT2D eigenvalue weighted by atomic mass is 16.3. The summed E-state index contributed by atoms with van der Waals surface area (Å²) in [7, 11) is 0. The number of rotatable bonds is 6. The van der Waals surface area contributed by atoms with Gasteiger partial charge in [0.25, 0.3) is 11.8 Å². The summed E-state index contributed by atoms with van der Waals surface area (Å²) < 4.78 is 0. The highest BCUT2D eigenvalue weighted by Gasteiger charge is 2.12. The van der Waals surface area contributed by atoms with Crippen molar-refractivity contribution in [3.63, 3.8) is 0 Å². The Labute approximate surface area is 161 Å². The fourth-order valence-corrected chi connectivity index (χ4v) is 2.57. The summed E-state index contributed by atoms with van der Waals surface area (Å²) in [6.07, 6.45) is 2.75. The fourth-order valence-electron chi connectivity index (χ4n) is 2.57. The molecule has 0 aliphatic carbocycles. The van der Waals surface area contributed by atoms with Gasteiger partial charge in [0, 0.05) is 19.3 Å². The maximum Gasteiger partial charge on any atom is 0.272 e. The number of amides is 2. The molecular formula is C20H19N5O3. The number of carbonyl (C=O) groups excluding carboxylic acids is 2. The number of carbonyl (C=O) groups is 2. The van der Waals surface area contributed by atoms with Crippen LogP contribution >= 0.6 is 0 Å². The number of nitrogens with zero attached hydrogens (tertiary/aromatic N) is 3. The molecule has 0 saturated heterocycles. The molecule has 28 heavy (non-hydrogen) atoms. The molecule has 142 valence electrons. The second kappa shape index (κ2) is 8.72. The Morgan fingerprint density at radius 2 is 1.64 bits per heavy atom. The van der Waals surface area contributed by atoms with Gasteiger partial charge in [-0.3, -0.25) is 9.59 Å². The molecule has 2 amide bonds. The van der Waals surface area contributed by atoms with Crippen LogP contribution in [0.4, 0.5) is 0 Å². The van der Waals surface area contributed by atoms with Crippen molar-refractivity contribution < 1.29 is 14.7 Å². The lowest BCUT2D eigenvalue weighted by Gasteiger charge is -2.12. The van der Waals surface area contributed by atoms with Crippen molar-refractivity contribution in [3.05, 3.63) is 82.9 Å². The van der Waals surface area contributed by atoms with Gasteiger partial charge in [-0.2, -0.15) is 5.10 Å². The number of aryl methyl sites for hydroxylation is 1. The number of nitrogens with one attached hydrogen (secondary N) is 2. The summed E-state index contributed by atoms with van der Waals surface area (Å²) in [5, 5.41) is 22.5.